The monoisotopic (exact) mass is 361 g/mol. The highest BCUT2D eigenvalue weighted by molar-refractivity contribution is 5.97. The maximum atomic E-state index is 11.8. The zero-order valence-electron chi connectivity index (χ0n) is 15.7. The highest BCUT2D eigenvalue weighted by Crippen LogP contribution is 2.17. The van der Waals surface area contributed by atoms with Crippen LogP contribution in [0.2, 0.25) is 0 Å². The SMILES string of the molecule is CCCNC(=O)Nc1ncnc(NCCCN2CCCCCC2)c1C=N. The van der Waals surface area contributed by atoms with Crippen molar-refractivity contribution in [1.29, 1.82) is 5.41 Å². The molecular weight excluding hydrogens is 330 g/mol. The van der Waals surface area contributed by atoms with Crippen LogP contribution in [-0.2, 0) is 0 Å². The third kappa shape index (κ3) is 6.59. The fourth-order valence-corrected chi connectivity index (χ4v) is 3.03. The molecule has 0 unspecified atom stereocenters. The van der Waals surface area contributed by atoms with E-state index in [1.807, 2.05) is 6.92 Å². The van der Waals surface area contributed by atoms with Crippen molar-refractivity contribution in [2.45, 2.75) is 45.4 Å². The molecule has 2 heterocycles. The molecule has 0 radical (unpaired) electrons. The summed E-state index contributed by atoms with van der Waals surface area (Å²) in [6, 6.07) is -0.319. The molecule has 1 aromatic heterocycles. The lowest BCUT2D eigenvalue weighted by molar-refractivity contribution is 0.252. The Morgan fingerprint density at radius 1 is 1.19 bits per heavy atom. The zero-order chi connectivity index (χ0) is 18.6. The largest absolute Gasteiger partial charge is 0.369 e. The van der Waals surface area contributed by atoms with Gasteiger partial charge in [-0.25, -0.2) is 14.8 Å². The summed E-state index contributed by atoms with van der Waals surface area (Å²) in [4.78, 5) is 22.7. The van der Waals surface area contributed by atoms with Crippen molar-refractivity contribution < 1.29 is 4.79 Å². The Morgan fingerprint density at radius 3 is 2.62 bits per heavy atom. The summed E-state index contributed by atoms with van der Waals surface area (Å²) in [7, 11) is 0. The van der Waals surface area contributed by atoms with Crippen LogP contribution >= 0.6 is 0 Å². The third-order valence-corrected chi connectivity index (χ3v) is 4.44. The number of carbonyl (C=O) groups excluding carboxylic acids is 1. The van der Waals surface area contributed by atoms with Gasteiger partial charge in [-0.1, -0.05) is 19.8 Å². The second kappa shape index (κ2) is 11.4. The van der Waals surface area contributed by atoms with Crippen LogP contribution in [0.25, 0.3) is 0 Å². The standard InChI is InChI=1S/C18H31N7O/c1-2-8-21-18(26)24-17-15(13-19)16(22-14-23-17)20-9-7-12-25-10-5-3-4-6-11-25/h13-14,19H,2-12H2,1H3,(H3,20,21,22,23,24,26). The fraction of sp³-hybridized carbons (Fsp3) is 0.667. The maximum Gasteiger partial charge on any atom is 0.320 e. The lowest BCUT2D eigenvalue weighted by atomic mass is 10.2. The number of nitrogens with zero attached hydrogens (tertiary/aromatic N) is 3. The van der Waals surface area contributed by atoms with Crippen LogP contribution in [0.4, 0.5) is 16.4 Å². The lowest BCUT2D eigenvalue weighted by Gasteiger charge is -2.19. The lowest BCUT2D eigenvalue weighted by Crippen LogP contribution is -2.30. The van der Waals surface area contributed by atoms with Crippen LogP contribution < -0.4 is 16.0 Å². The first-order valence-corrected chi connectivity index (χ1v) is 9.61. The predicted octanol–water partition coefficient (Wildman–Crippen LogP) is 2.68. The van der Waals surface area contributed by atoms with Crippen molar-refractivity contribution in [2.24, 2.45) is 0 Å². The van der Waals surface area contributed by atoms with E-state index < -0.39 is 0 Å². The number of nitrogens with one attached hydrogen (secondary N) is 4. The summed E-state index contributed by atoms with van der Waals surface area (Å²) < 4.78 is 0. The second-order valence-electron chi connectivity index (χ2n) is 6.55. The van der Waals surface area contributed by atoms with Gasteiger partial charge in [0.2, 0.25) is 0 Å². The normalized spacial score (nSPS) is 15.1. The minimum absolute atomic E-state index is 0.319. The Balaban J connectivity index is 1.85. The molecule has 8 nitrogen and oxygen atoms in total. The number of anilines is 2. The number of rotatable bonds is 9. The molecule has 1 fully saturated rings. The van der Waals surface area contributed by atoms with Gasteiger partial charge in [0.25, 0.3) is 0 Å². The topological polar surface area (TPSA) is 106 Å². The Bertz CT molecular complexity index is 571. The molecule has 1 aromatic rings. The molecule has 0 atom stereocenters. The van der Waals surface area contributed by atoms with Crippen LogP contribution in [0.5, 0.6) is 0 Å². The molecule has 0 aliphatic carbocycles. The molecule has 0 aromatic carbocycles. The van der Waals surface area contributed by atoms with Crippen molar-refractivity contribution in [1.82, 2.24) is 20.2 Å². The Labute approximate surface area is 155 Å². The van der Waals surface area contributed by atoms with Gasteiger partial charge in [-0.3, -0.25) is 5.32 Å². The van der Waals surface area contributed by atoms with Gasteiger partial charge >= 0.3 is 6.03 Å². The van der Waals surface area contributed by atoms with E-state index >= 15 is 0 Å². The summed E-state index contributed by atoms with van der Waals surface area (Å²) in [5.74, 6) is 0.926. The summed E-state index contributed by atoms with van der Waals surface area (Å²) >= 11 is 0. The van der Waals surface area contributed by atoms with Gasteiger partial charge in [0, 0.05) is 19.3 Å². The number of aromatic nitrogens is 2. The number of carbonyl (C=O) groups is 1. The van der Waals surface area contributed by atoms with Crippen molar-refractivity contribution in [3.63, 3.8) is 0 Å². The molecule has 1 aliphatic heterocycles. The van der Waals surface area contributed by atoms with E-state index in [0.717, 1.165) is 25.9 Å². The van der Waals surface area contributed by atoms with Crippen LogP contribution in [0.15, 0.2) is 6.33 Å². The van der Waals surface area contributed by atoms with Gasteiger partial charge in [0.05, 0.1) is 5.56 Å². The first-order chi connectivity index (χ1) is 12.7. The maximum absolute atomic E-state index is 11.8. The molecule has 26 heavy (non-hydrogen) atoms. The minimum Gasteiger partial charge on any atom is -0.369 e. The first-order valence-electron chi connectivity index (χ1n) is 9.61. The second-order valence-corrected chi connectivity index (χ2v) is 6.55. The summed E-state index contributed by atoms with van der Waals surface area (Å²) in [6.45, 7) is 6.82. The van der Waals surface area contributed by atoms with Crippen molar-refractivity contribution in [3.8, 4) is 0 Å². The zero-order valence-corrected chi connectivity index (χ0v) is 15.7. The molecule has 2 amide bonds. The predicted molar refractivity (Wildman–Crippen MR) is 105 cm³/mol. The van der Waals surface area contributed by atoms with Gasteiger partial charge in [-0.2, -0.15) is 0 Å². The highest BCUT2D eigenvalue weighted by atomic mass is 16.2. The molecule has 0 spiro atoms. The molecule has 1 aliphatic rings. The first kappa shape index (κ1) is 20.1. The van der Waals surface area contributed by atoms with Gasteiger partial charge < -0.3 is 20.9 Å². The number of amides is 2. The van der Waals surface area contributed by atoms with E-state index in [0.29, 0.717) is 23.7 Å². The molecule has 0 saturated carbocycles. The van der Waals surface area contributed by atoms with Crippen molar-refractivity contribution in [2.75, 3.05) is 43.4 Å². The van der Waals surface area contributed by atoms with E-state index in [9.17, 15) is 4.79 Å². The van der Waals surface area contributed by atoms with Gasteiger partial charge in [-0.05, 0) is 45.3 Å². The minimum atomic E-state index is -0.319. The molecule has 0 bridgehead atoms. The Morgan fingerprint density at radius 2 is 1.92 bits per heavy atom. The molecule has 8 heteroatoms. The van der Waals surface area contributed by atoms with Crippen LogP contribution in [0.1, 0.15) is 51.0 Å². The molecule has 2 rings (SSSR count). The number of hydrogen-bond donors (Lipinski definition) is 4. The molecule has 1 saturated heterocycles. The van der Waals surface area contributed by atoms with E-state index in [-0.39, 0.29) is 6.03 Å². The van der Waals surface area contributed by atoms with E-state index in [1.54, 1.807) is 0 Å². The summed E-state index contributed by atoms with van der Waals surface area (Å²) in [5.41, 5.74) is 0.494. The van der Waals surface area contributed by atoms with E-state index in [2.05, 4.69) is 30.8 Å². The fourth-order valence-electron chi connectivity index (χ4n) is 3.03. The van der Waals surface area contributed by atoms with Crippen LogP contribution in [0.3, 0.4) is 0 Å². The van der Waals surface area contributed by atoms with Crippen LogP contribution in [0, 0.1) is 5.41 Å². The summed E-state index contributed by atoms with van der Waals surface area (Å²) in [5, 5.41) is 16.3. The van der Waals surface area contributed by atoms with Gasteiger partial charge in [0.1, 0.15) is 18.0 Å². The Kier molecular flexibility index (Phi) is 8.82. The summed E-state index contributed by atoms with van der Waals surface area (Å²) in [6.07, 6.45) is 9.74. The van der Waals surface area contributed by atoms with Crippen molar-refractivity contribution >= 4 is 23.9 Å². The van der Waals surface area contributed by atoms with E-state index in [4.69, 9.17) is 5.41 Å². The quantitative estimate of drug-likeness (QED) is 0.400. The average molecular weight is 361 g/mol. The van der Waals surface area contributed by atoms with Gasteiger partial charge in [0.15, 0.2) is 0 Å². The molecular formula is C18H31N7O. The Hall–Kier alpha value is -2.22. The van der Waals surface area contributed by atoms with E-state index in [1.165, 1.54) is 51.3 Å². The number of hydrogen-bond acceptors (Lipinski definition) is 6. The third-order valence-electron chi connectivity index (χ3n) is 4.44. The van der Waals surface area contributed by atoms with Gasteiger partial charge in [-0.15, -0.1) is 0 Å². The smallest absolute Gasteiger partial charge is 0.320 e. The molecule has 4 N–H and O–H groups in total. The molecule has 144 valence electrons. The van der Waals surface area contributed by atoms with Crippen molar-refractivity contribution in [3.05, 3.63) is 11.9 Å². The average Bonchev–Trinajstić information content (AvgIpc) is 2.92. The number of urea groups is 1. The van der Waals surface area contributed by atoms with Crippen LogP contribution in [-0.4, -0.2) is 59.8 Å². The number of likely N-dealkylation sites (tertiary alicyclic amines) is 1. The highest BCUT2D eigenvalue weighted by Gasteiger charge is 2.12.